The van der Waals surface area contributed by atoms with Crippen molar-refractivity contribution in [1.82, 2.24) is 9.78 Å². The first-order valence-corrected chi connectivity index (χ1v) is 10.3. The molecule has 2 heterocycles. The van der Waals surface area contributed by atoms with E-state index in [1.807, 2.05) is 42.5 Å². The molecule has 1 saturated heterocycles. The second kappa shape index (κ2) is 9.66. The van der Waals surface area contributed by atoms with E-state index in [0.29, 0.717) is 35.9 Å². The molecule has 1 fully saturated rings. The molecule has 0 amide bonds. The van der Waals surface area contributed by atoms with Crippen molar-refractivity contribution in [3.8, 4) is 22.8 Å². The summed E-state index contributed by atoms with van der Waals surface area (Å²) in [6, 6.07) is 15.4. The number of benzene rings is 2. The Hall–Kier alpha value is -3.32. The highest BCUT2D eigenvalue weighted by Crippen LogP contribution is 2.33. The molecule has 7 nitrogen and oxygen atoms in total. The maximum Gasteiger partial charge on any atom is 0.342 e. The summed E-state index contributed by atoms with van der Waals surface area (Å²) in [7, 11) is 3.16. The molecule has 1 atom stereocenters. The average molecular weight is 422 g/mol. The smallest absolute Gasteiger partial charge is 0.342 e. The number of methoxy groups -OCH3 is 2. The zero-order valence-electron chi connectivity index (χ0n) is 17.7. The number of hydrogen-bond donors (Lipinski definition) is 0. The molecular formula is C24H26N2O5. The minimum atomic E-state index is -0.417. The lowest BCUT2D eigenvalue weighted by atomic mass is 10.1. The summed E-state index contributed by atoms with van der Waals surface area (Å²) in [5.74, 6) is 0.758. The normalized spacial score (nSPS) is 15.6. The van der Waals surface area contributed by atoms with E-state index in [1.54, 1.807) is 31.2 Å². The number of carbonyl (C=O) groups is 1. The van der Waals surface area contributed by atoms with Gasteiger partial charge in [0, 0.05) is 18.4 Å². The summed E-state index contributed by atoms with van der Waals surface area (Å²) < 4.78 is 23.6. The summed E-state index contributed by atoms with van der Waals surface area (Å²) in [5, 5.41) is 4.70. The Labute approximate surface area is 181 Å². The lowest BCUT2D eigenvalue weighted by Gasteiger charge is -2.11. The van der Waals surface area contributed by atoms with Crippen LogP contribution in [-0.2, 0) is 16.0 Å². The van der Waals surface area contributed by atoms with E-state index < -0.39 is 5.97 Å². The largest absolute Gasteiger partial charge is 0.493 e. The van der Waals surface area contributed by atoms with Crippen LogP contribution in [0.1, 0.15) is 28.8 Å². The number of aromatic nitrogens is 2. The fourth-order valence-electron chi connectivity index (χ4n) is 3.64. The first-order chi connectivity index (χ1) is 15.2. The SMILES string of the molecule is COc1ccc(-c2nn(Cc3ccccc3)cc2C(=O)OC[C@@H]2CCCO2)cc1OC. The second-order valence-electron chi connectivity index (χ2n) is 7.38. The fourth-order valence-corrected chi connectivity index (χ4v) is 3.64. The molecule has 0 saturated carbocycles. The molecule has 0 bridgehead atoms. The summed E-state index contributed by atoms with van der Waals surface area (Å²) in [6.45, 7) is 1.50. The first kappa shape index (κ1) is 20.9. The Balaban J connectivity index is 1.65. The molecule has 31 heavy (non-hydrogen) atoms. The van der Waals surface area contributed by atoms with Crippen LogP contribution in [0, 0.1) is 0 Å². The molecule has 1 aromatic heterocycles. The van der Waals surface area contributed by atoms with Crippen LogP contribution in [0.15, 0.2) is 54.7 Å². The Morgan fingerprint density at radius 3 is 2.65 bits per heavy atom. The van der Waals surface area contributed by atoms with E-state index in [4.69, 9.17) is 24.0 Å². The molecule has 7 heteroatoms. The molecule has 1 aliphatic rings. The van der Waals surface area contributed by atoms with E-state index in [0.717, 1.165) is 24.0 Å². The van der Waals surface area contributed by atoms with Gasteiger partial charge in [0.2, 0.25) is 0 Å². The Kier molecular flexibility index (Phi) is 6.52. The van der Waals surface area contributed by atoms with Crippen molar-refractivity contribution in [2.45, 2.75) is 25.5 Å². The number of hydrogen-bond acceptors (Lipinski definition) is 6. The van der Waals surface area contributed by atoms with Gasteiger partial charge in [-0.1, -0.05) is 30.3 Å². The van der Waals surface area contributed by atoms with E-state index >= 15 is 0 Å². The number of carbonyl (C=O) groups excluding carboxylic acids is 1. The van der Waals surface area contributed by atoms with Crippen LogP contribution in [0.2, 0.25) is 0 Å². The van der Waals surface area contributed by atoms with Crippen molar-refractivity contribution in [1.29, 1.82) is 0 Å². The third kappa shape index (κ3) is 4.88. The van der Waals surface area contributed by atoms with Crippen molar-refractivity contribution in [3.05, 3.63) is 65.9 Å². The highest BCUT2D eigenvalue weighted by molar-refractivity contribution is 5.96. The van der Waals surface area contributed by atoms with Crippen molar-refractivity contribution >= 4 is 5.97 Å². The van der Waals surface area contributed by atoms with Gasteiger partial charge in [-0.05, 0) is 36.6 Å². The molecule has 3 aromatic rings. The fraction of sp³-hybridized carbons (Fsp3) is 0.333. The number of rotatable bonds is 8. The summed E-state index contributed by atoms with van der Waals surface area (Å²) >= 11 is 0. The maximum absolute atomic E-state index is 13.0. The predicted octanol–water partition coefficient (Wildman–Crippen LogP) is 3.95. The Morgan fingerprint density at radius 1 is 1.13 bits per heavy atom. The van der Waals surface area contributed by atoms with Crippen molar-refractivity contribution < 1.29 is 23.7 Å². The van der Waals surface area contributed by atoms with E-state index in [9.17, 15) is 4.79 Å². The number of esters is 1. The van der Waals surface area contributed by atoms with Crippen LogP contribution in [0.4, 0.5) is 0 Å². The van der Waals surface area contributed by atoms with E-state index in [-0.39, 0.29) is 12.7 Å². The Morgan fingerprint density at radius 2 is 1.94 bits per heavy atom. The standard InChI is InChI=1S/C24H26N2O5/c1-28-21-11-10-18(13-22(21)29-2)23-20(24(27)31-16-19-9-6-12-30-19)15-26(25-23)14-17-7-4-3-5-8-17/h3-5,7-8,10-11,13,15,19H,6,9,12,14,16H2,1-2H3/t19-/m0/s1. The van der Waals surface area contributed by atoms with Gasteiger partial charge in [-0.3, -0.25) is 4.68 Å². The maximum atomic E-state index is 13.0. The van der Waals surface area contributed by atoms with Crippen LogP contribution in [-0.4, -0.2) is 49.3 Å². The molecule has 0 spiro atoms. The van der Waals surface area contributed by atoms with Crippen molar-refractivity contribution in [3.63, 3.8) is 0 Å². The molecule has 0 unspecified atom stereocenters. The van der Waals surface area contributed by atoms with Crippen LogP contribution >= 0.6 is 0 Å². The van der Waals surface area contributed by atoms with Gasteiger partial charge in [0.25, 0.3) is 0 Å². The Bertz CT molecular complexity index is 1030. The predicted molar refractivity (Wildman–Crippen MR) is 116 cm³/mol. The lowest BCUT2D eigenvalue weighted by molar-refractivity contribution is 0.0162. The third-order valence-corrected chi connectivity index (χ3v) is 5.25. The molecule has 0 aliphatic carbocycles. The van der Waals surface area contributed by atoms with Crippen LogP contribution in [0.3, 0.4) is 0 Å². The average Bonchev–Trinajstić information content (AvgIpc) is 3.48. The lowest BCUT2D eigenvalue weighted by Crippen LogP contribution is -2.18. The summed E-state index contributed by atoms with van der Waals surface area (Å²) in [4.78, 5) is 13.0. The molecule has 1 aliphatic heterocycles. The van der Waals surface area contributed by atoms with Gasteiger partial charge in [-0.25, -0.2) is 4.79 Å². The first-order valence-electron chi connectivity index (χ1n) is 10.3. The highest BCUT2D eigenvalue weighted by Gasteiger charge is 2.23. The highest BCUT2D eigenvalue weighted by atomic mass is 16.6. The molecule has 0 radical (unpaired) electrons. The molecule has 4 rings (SSSR count). The van der Waals surface area contributed by atoms with Crippen molar-refractivity contribution in [2.75, 3.05) is 27.4 Å². The van der Waals surface area contributed by atoms with Crippen LogP contribution in [0.5, 0.6) is 11.5 Å². The number of ether oxygens (including phenoxy) is 4. The molecule has 162 valence electrons. The summed E-state index contributed by atoms with van der Waals surface area (Å²) in [6.07, 6.45) is 3.60. The molecule has 0 N–H and O–H groups in total. The third-order valence-electron chi connectivity index (χ3n) is 5.25. The number of nitrogens with zero attached hydrogens (tertiary/aromatic N) is 2. The van der Waals surface area contributed by atoms with Gasteiger partial charge < -0.3 is 18.9 Å². The van der Waals surface area contributed by atoms with Crippen LogP contribution < -0.4 is 9.47 Å². The van der Waals surface area contributed by atoms with E-state index in [2.05, 4.69) is 0 Å². The topological polar surface area (TPSA) is 71.8 Å². The van der Waals surface area contributed by atoms with Crippen molar-refractivity contribution in [2.24, 2.45) is 0 Å². The van der Waals surface area contributed by atoms with E-state index in [1.165, 1.54) is 0 Å². The zero-order valence-corrected chi connectivity index (χ0v) is 17.7. The van der Waals surface area contributed by atoms with Crippen LogP contribution in [0.25, 0.3) is 11.3 Å². The van der Waals surface area contributed by atoms with Gasteiger partial charge in [0.1, 0.15) is 17.9 Å². The second-order valence-corrected chi connectivity index (χ2v) is 7.38. The summed E-state index contributed by atoms with van der Waals surface area (Å²) in [5.41, 5.74) is 2.77. The van der Waals surface area contributed by atoms with Gasteiger partial charge in [-0.2, -0.15) is 5.10 Å². The van der Waals surface area contributed by atoms with Gasteiger partial charge in [0.05, 0.1) is 26.9 Å². The van der Waals surface area contributed by atoms with Gasteiger partial charge >= 0.3 is 5.97 Å². The minimum Gasteiger partial charge on any atom is -0.493 e. The molecule has 2 aromatic carbocycles. The zero-order chi connectivity index (χ0) is 21.6. The monoisotopic (exact) mass is 422 g/mol. The van der Waals surface area contributed by atoms with Gasteiger partial charge in [0.15, 0.2) is 11.5 Å². The quantitative estimate of drug-likeness (QED) is 0.512. The minimum absolute atomic E-state index is 0.0344. The van der Waals surface area contributed by atoms with Gasteiger partial charge in [-0.15, -0.1) is 0 Å². The molecular weight excluding hydrogens is 396 g/mol.